The predicted molar refractivity (Wildman–Crippen MR) is 87.4 cm³/mol. The molecule has 5 nitrogen and oxygen atoms in total. The van der Waals surface area contributed by atoms with Gasteiger partial charge in [0.1, 0.15) is 0 Å². The van der Waals surface area contributed by atoms with Crippen LogP contribution >= 0.6 is 0 Å². The monoisotopic (exact) mass is 423 g/mol. The molecule has 0 aromatic carbocycles. The van der Waals surface area contributed by atoms with E-state index in [0.29, 0.717) is 12.8 Å². The van der Waals surface area contributed by atoms with Crippen molar-refractivity contribution < 1.29 is 19.8 Å². The third-order valence-corrected chi connectivity index (χ3v) is 3.46. The maximum absolute atomic E-state index is 10.3. The van der Waals surface area contributed by atoms with Gasteiger partial charge in [-0.1, -0.05) is 53.4 Å². The standard InChI is InChI=1S/2C8H16O2.H3N.Sn/c2*1-3-5-6-7(4-2)8(9)10;;/h2*7H,3-6H2,1-2H3,(H,9,10);1H3;/q;;;+2/p-2. The van der Waals surface area contributed by atoms with Gasteiger partial charge in [-0.25, -0.2) is 0 Å². The fraction of sp³-hybridized carbons (Fsp3) is 0.875. The zero-order valence-electron chi connectivity index (χ0n) is 14.7. The molecule has 0 spiro atoms. The van der Waals surface area contributed by atoms with Gasteiger partial charge in [-0.2, -0.15) is 0 Å². The molecule has 0 amide bonds. The van der Waals surface area contributed by atoms with Crippen molar-refractivity contribution in [3.63, 3.8) is 0 Å². The van der Waals surface area contributed by atoms with Crippen LogP contribution in [-0.4, -0.2) is 35.8 Å². The first kappa shape index (κ1) is 29.7. The van der Waals surface area contributed by atoms with Crippen LogP contribution in [0.15, 0.2) is 0 Å². The van der Waals surface area contributed by atoms with Crippen LogP contribution in [0, 0.1) is 11.8 Å². The van der Waals surface area contributed by atoms with Crippen LogP contribution < -0.4 is 16.4 Å². The molecular formula is C16H33NO4Sn. The molecule has 22 heavy (non-hydrogen) atoms. The Hall–Kier alpha value is -0.301. The Morgan fingerprint density at radius 1 is 0.773 bits per heavy atom. The normalized spacial score (nSPS) is 11.8. The van der Waals surface area contributed by atoms with Crippen LogP contribution in [0.2, 0.25) is 0 Å². The number of carboxylic acids is 2. The predicted octanol–water partition coefficient (Wildman–Crippen LogP) is 1.69. The van der Waals surface area contributed by atoms with Gasteiger partial charge in [0.15, 0.2) is 0 Å². The first-order chi connectivity index (χ1) is 9.44. The summed E-state index contributed by atoms with van der Waals surface area (Å²) in [4.78, 5) is 20.7. The summed E-state index contributed by atoms with van der Waals surface area (Å²) in [6.45, 7) is 7.89. The van der Waals surface area contributed by atoms with Crippen LogP contribution in [0.1, 0.15) is 79.1 Å². The molecule has 2 unspecified atom stereocenters. The fourth-order valence-corrected chi connectivity index (χ4v) is 1.88. The Labute approximate surface area is 152 Å². The van der Waals surface area contributed by atoms with Gasteiger partial charge in [0.05, 0.1) is 0 Å². The maximum atomic E-state index is 10.3. The van der Waals surface area contributed by atoms with E-state index in [0.717, 1.165) is 38.5 Å². The van der Waals surface area contributed by atoms with Crippen molar-refractivity contribution in [1.29, 1.82) is 0 Å². The Bertz CT molecular complexity index is 237. The maximum Gasteiger partial charge on any atom is 2.00 e. The van der Waals surface area contributed by atoms with Gasteiger partial charge in [-0.15, -0.1) is 0 Å². The van der Waals surface area contributed by atoms with Gasteiger partial charge >= 0.3 is 23.9 Å². The molecule has 0 fully saturated rings. The molecule has 0 aromatic rings. The topological polar surface area (TPSA) is 115 Å². The molecule has 0 aromatic heterocycles. The molecule has 0 aliphatic rings. The fourth-order valence-electron chi connectivity index (χ4n) is 1.88. The van der Waals surface area contributed by atoms with E-state index in [1.807, 2.05) is 13.8 Å². The second-order valence-electron chi connectivity index (χ2n) is 5.13. The van der Waals surface area contributed by atoms with Crippen LogP contribution in [0.3, 0.4) is 0 Å². The zero-order chi connectivity index (χ0) is 16.0. The quantitative estimate of drug-likeness (QED) is 0.538. The van der Waals surface area contributed by atoms with Gasteiger partial charge in [-0.05, 0) is 37.5 Å². The summed E-state index contributed by atoms with van der Waals surface area (Å²) in [7, 11) is 0. The number of carbonyl (C=O) groups excluding carboxylic acids is 2. The number of aliphatic carboxylic acids is 2. The van der Waals surface area contributed by atoms with E-state index >= 15 is 0 Å². The minimum Gasteiger partial charge on any atom is -0.550 e. The summed E-state index contributed by atoms with van der Waals surface area (Å²) in [6, 6.07) is 0. The van der Waals surface area contributed by atoms with Gasteiger partial charge in [0.2, 0.25) is 0 Å². The average molecular weight is 422 g/mol. The average Bonchev–Trinajstić information content (AvgIpc) is 2.40. The van der Waals surface area contributed by atoms with E-state index < -0.39 is 11.9 Å². The van der Waals surface area contributed by atoms with Gasteiger partial charge in [0, 0.05) is 11.9 Å². The van der Waals surface area contributed by atoms with E-state index in [4.69, 9.17) is 0 Å². The van der Waals surface area contributed by atoms with Crippen molar-refractivity contribution in [3.05, 3.63) is 0 Å². The summed E-state index contributed by atoms with van der Waals surface area (Å²) in [5.41, 5.74) is 0. The first-order valence-electron chi connectivity index (χ1n) is 7.86. The minimum atomic E-state index is -0.893. The first-order valence-corrected chi connectivity index (χ1v) is 7.86. The number of hydrogen-bond acceptors (Lipinski definition) is 5. The van der Waals surface area contributed by atoms with Crippen LogP contribution in [0.5, 0.6) is 0 Å². The van der Waals surface area contributed by atoms with Gasteiger partial charge in [0.25, 0.3) is 0 Å². The Morgan fingerprint density at radius 2 is 1.05 bits per heavy atom. The molecule has 0 aliphatic carbocycles. The van der Waals surface area contributed by atoms with Gasteiger partial charge in [-0.3, -0.25) is 0 Å². The molecule has 6 heteroatoms. The number of hydrogen-bond donors (Lipinski definition) is 1. The summed E-state index contributed by atoms with van der Waals surface area (Å²) in [5, 5.41) is 20.7. The zero-order valence-corrected chi connectivity index (χ0v) is 17.5. The van der Waals surface area contributed by atoms with Crippen molar-refractivity contribution >= 4 is 35.8 Å². The largest absolute Gasteiger partial charge is 2.00 e. The molecule has 0 rings (SSSR count). The smallest absolute Gasteiger partial charge is 0.550 e. The molecule has 130 valence electrons. The Balaban J connectivity index is -0.000000135. The third-order valence-electron chi connectivity index (χ3n) is 3.46. The van der Waals surface area contributed by atoms with E-state index in [1.54, 1.807) is 0 Å². The van der Waals surface area contributed by atoms with E-state index in [2.05, 4.69) is 13.8 Å². The third kappa shape index (κ3) is 17.7. The minimum absolute atomic E-state index is 0. The Kier molecular flexibility index (Phi) is 27.9. The number of rotatable bonds is 10. The van der Waals surface area contributed by atoms with Crippen LogP contribution in [0.25, 0.3) is 0 Å². The number of carboxylic acid groups (broad SMARTS) is 2. The molecule has 0 saturated heterocycles. The van der Waals surface area contributed by atoms with Crippen molar-refractivity contribution in [2.45, 2.75) is 79.1 Å². The van der Waals surface area contributed by atoms with Crippen LogP contribution in [-0.2, 0) is 9.59 Å². The Morgan fingerprint density at radius 3 is 1.18 bits per heavy atom. The number of unbranched alkanes of at least 4 members (excludes halogenated alkanes) is 2. The van der Waals surface area contributed by atoms with E-state index in [1.165, 1.54) is 0 Å². The van der Waals surface area contributed by atoms with Crippen LogP contribution in [0.4, 0.5) is 0 Å². The van der Waals surface area contributed by atoms with Crippen molar-refractivity contribution in [2.24, 2.45) is 11.8 Å². The summed E-state index contributed by atoms with van der Waals surface area (Å²) in [6.07, 6.45) is 7.04. The molecule has 0 heterocycles. The molecule has 2 radical (unpaired) electrons. The molecule has 2 atom stereocenters. The molecular weight excluding hydrogens is 389 g/mol. The second-order valence-corrected chi connectivity index (χ2v) is 5.13. The van der Waals surface area contributed by atoms with Gasteiger partial charge < -0.3 is 26.0 Å². The summed E-state index contributed by atoms with van der Waals surface area (Å²) < 4.78 is 0. The summed E-state index contributed by atoms with van der Waals surface area (Å²) >= 11 is 0. The molecule has 3 N–H and O–H groups in total. The van der Waals surface area contributed by atoms with Crippen molar-refractivity contribution in [2.75, 3.05) is 0 Å². The van der Waals surface area contributed by atoms with E-state index in [9.17, 15) is 19.8 Å². The molecule has 0 saturated carbocycles. The van der Waals surface area contributed by atoms with Crippen molar-refractivity contribution in [3.8, 4) is 0 Å². The molecule has 0 bridgehead atoms. The number of carbonyl (C=O) groups is 2. The SMILES string of the molecule is CCCCC(CC)C(=O)[O-].CCCCC(CC)C(=O)[O-].N.[Sn+2]. The van der Waals surface area contributed by atoms with E-state index in [-0.39, 0.29) is 41.9 Å². The second kappa shape index (κ2) is 20.7. The van der Waals surface area contributed by atoms with Crippen molar-refractivity contribution in [1.82, 2.24) is 6.15 Å². The molecule has 0 aliphatic heterocycles. The summed E-state index contributed by atoms with van der Waals surface area (Å²) in [5.74, 6) is -2.23.